The first kappa shape index (κ1) is 20.2. The first-order valence-corrected chi connectivity index (χ1v) is 8.79. The molecule has 1 aromatic heterocycles. The van der Waals surface area contributed by atoms with Crippen LogP contribution in [-0.4, -0.2) is 34.7 Å². The van der Waals surface area contributed by atoms with Crippen LogP contribution in [0.3, 0.4) is 0 Å². The highest BCUT2D eigenvalue weighted by molar-refractivity contribution is 5.78. The maximum atomic E-state index is 12.0. The Morgan fingerprint density at radius 3 is 2.29 bits per heavy atom. The molecule has 24 heavy (non-hydrogen) atoms. The predicted octanol–water partition coefficient (Wildman–Crippen LogP) is 1.98. The average Bonchev–Trinajstić information content (AvgIpc) is 2.74. The zero-order chi connectivity index (χ0) is 18.3. The Morgan fingerprint density at radius 2 is 1.71 bits per heavy atom. The number of rotatable bonds is 9. The van der Waals surface area contributed by atoms with E-state index < -0.39 is 0 Å². The molecule has 0 bridgehead atoms. The van der Waals surface area contributed by atoms with Crippen LogP contribution in [0, 0.1) is 25.7 Å². The average molecular weight is 336 g/mol. The van der Waals surface area contributed by atoms with Gasteiger partial charge in [0.05, 0.1) is 5.69 Å². The van der Waals surface area contributed by atoms with Crippen LogP contribution in [0.1, 0.15) is 51.1 Å². The topological polar surface area (TPSA) is 76.0 Å². The van der Waals surface area contributed by atoms with Crippen molar-refractivity contribution in [3.8, 4) is 0 Å². The normalized spacial score (nSPS) is 11.2. The molecule has 6 nitrogen and oxygen atoms in total. The molecule has 136 valence electrons. The Kier molecular flexibility index (Phi) is 7.95. The first-order chi connectivity index (χ1) is 11.2. The third kappa shape index (κ3) is 6.34. The Morgan fingerprint density at radius 1 is 1.08 bits per heavy atom. The van der Waals surface area contributed by atoms with Crippen LogP contribution in [0.25, 0.3) is 0 Å². The first-order valence-electron chi connectivity index (χ1n) is 8.79. The summed E-state index contributed by atoms with van der Waals surface area (Å²) < 4.78 is 2.04. The maximum absolute atomic E-state index is 12.0. The van der Waals surface area contributed by atoms with E-state index in [4.69, 9.17) is 0 Å². The zero-order valence-corrected chi connectivity index (χ0v) is 15.9. The van der Waals surface area contributed by atoms with Crippen molar-refractivity contribution >= 4 is 11.8 Å². The molecule has 0 fully saturated rings. The van der Waals surface area contributed by atoms with Crippen LogP contribution in [0.2, 0.25) is 0 Å². The van der Waals surface area contributed by atoms with Gasteiger partial charge in [0.1, 0.15) is 0 Å². The van der Waals surface area contributed by atoms with Gasteiger partial charge in [-0.2, -0.15) is 5.10 Å². The summed E-state index contributed by atoms with van der Waals surface area (Å²) in [6.45, 7) is 13.9. The molecule has 0 unspecified atom stereocenters. The molecule has 0 spiro atoms. The zero-order valence-electron chi connectivity index (χ0n) is 15.9. The fourth-order valence-corrected chi connectivity index (χ4v) is 2.54. The molecule has 0 atom stereocenters. The number of aryl methyl sites for hydroxylation is 1. The van der Waals surface area contributed by atoms with E-state index in [-0.39, 0.29) is 17.7 Å². The van der Waals surface area contributed by atoms with Gasteiger partial charge >= 0.3 is 0 Å². The standard InChI is InChI=1S/C18H32N4O2/c1-12(2)11-22-15(6)16(14(5)21-22)7-8-17(23)19-9-10-20-18(24)13(3)4/h12-13H,7-11H2,1-6H3,(H,19,23)(H,20,24). The molecule has 0 aliphatic carbocycles. The van der Waals surface area contributed by atoms with E-state index in [1.165, 1.54) is 5.56 Å². The van der Waals surface area contributed by atoms with Crippen molar-refractivity contribution in [3.05, 3.63) is 17.0 Å². The van der Waals surface area contributed by atoms with Crippen LogP contribution < -0.4 is 10.6 Å². The molecule has 0 aliphatic rings. The van der Waals surface area contributed by atoms with E-state index in [9.17, 15) is 9.59 Å². The molecule has 1 aromatic rings. The summed E-state index contributed by atoms with van der Waals surface area (Å²) in [7, 11) is 0. The van der Waals surface area contributed by atoms with E-state index in [0.29, 0.717) is 31.8 Å². The van der Waals surface area contributed by atoms with E-state index in [1.54, 1.807) is 0 Å². The Bertz CT molecular complexity index is 562. The van der Waals surface area contributed by atoms with E-state index >= 15 is 0 Å². The molecule has 0 saturated carbocycles. The molecule has 2 N–H and O–H groups in total. The number of nitrogens with one attached hydrogen (secondary N) is 2. The molecule has 0 radical (unpaired) electrons. The fraction of sp³-hybridized carbons (Fsp3) is 0.722. The minimum absolute atomic E-state index is 0.00389. The molecule has 6 heteroatoms. The summed E-state index contributed by atoms with van der Waals surface area (Å²) in [6.07, 6.45) is 1.13. The van der Waals surface area contributed by atoms with E-state index in [1.807, 2.05) is 25.5 Å². The third-order valence-electron chi connectivity index (χ3n) is 3.94. The monoisotopic (exact) mass is 336 g/mol. The number of carbonyl (C=O) groups excluding carboxylic acids is 2. The summed E-state index contributed by atoms with van der Waals surface area (Å²) in [5.41, 5.74) is 3.32. The molecule has 0 aromatic carbocycles. The number of carbonyl (C=O) groups is 2. The Hall–Kier alpha value is -1.85. The summed E-state index contributed by atoms with van der Waals surface area (Å²) in [5, 5.41) is 10.2. The fourth-order valence-electron chi connectivity index (χ4n) is 2.54. The van der Waals surface area contributed by atoms with Crippen LogP contribution in [0.5, 0.6) is 0 Å². The molecular formula is C18H32N4O2. The number of amides is 2. The quantitative estimate of drug-likeness (QED) is 0.677. The van der Waals surface area contributed by atoms with Gasteiger partial charge in [-0.15, -0.1) is 0 Å². The Labute approximate surface area is 145 Å². The van der Waals surface area contributed by atoms with Gasteiger partial charge in [-0.3, -0.25) is 14.3 Å². The van der Waals surface area contributed by atoms with E-state index in [0.717, 1.165) is 17.9 Å². The van der Waals surface area contributed by atoms with Crippen LogP contribution in [-0.2, 0) is 22.6 Å². The highest BCUT2D eigenvalue weighted by atomic mass is 16.2. The number of aromatic nitrogens is 2. The molecule has 1 rings (SSSR count). The molecule has 2 amide bonds. The summed E-state index contributed by atoms with van der Waals surface area (Å²) in [6, 6.07) is 0. The van der Waals surface area contributed by atoms with Gasteiger partial charge in [-0.05, 0) is 31.7 Å². The SMILES string of the molecule is Cc1nn(CC(C)C)c(C)c1CCC(=O)NCCNC(=O)C(C)C. The maximum Gasteiger partial charge on any atom is 0.222 e. The second-order valence-electron chi connectivity index (χ2n) is 7.02. The number of hydrogen-bond donors (Lipinski definition) is 2. The van der Waals surface area contributed by atoms with Gasteiger partial charge in [0.25, 0.3) is 0 Å². The third-order valence-corrected chi connectivity index (χ3v) is 3.94. The lowest BCUT2D eigenvalue weighted by molar-refractivity contribution is -0.124. The molecule has 1 heterocycles. The van der Waals surface area contributed by atoms with Crippen molar-refractivity contribution < 1.29 is 9.59 Å². The van der Waals surface area contributed by atoms with Crippen LogP contribution >= 0.6 is 0 Å². The molecule has 0 saturated heterocycles. The van der Waals surface area contributed by atoms with Gasteiger partial charge in [0.2, 0.25) is 11.8 Å². The lowest BCUT2D eigenvalue weighted by atomic mass is 10.1. The summed E-state index contributed by atoms with van der Waals surface area (Å²) in [4.78, 5) is 23.4. The molecule has 0 aliphatic heterocycles. The Balaban J connectivity index is 2.39. The molecular weight excluding hydrogens is 304 g/mol. The van der Waals surface area contributed by atoms with Gasteiger partial charge in [-0.1, -0.05) is 27.7 Å². The smallest absolute Gasteiger partial charge is 0.222 e. The summed E-state index contributed by atoms with van der Waals surface area (Å²) >= 11 is 0. The van der Waals surface area contributed by atoms with Crippen molar-refractivity contribution in [3.63, 3.8) is 0 Å². The van der Waals surface area contributed by atoms with Crippen LogP contribution in [0.4, 0.5) is 0 Å². The lowest BCUT2D eigenvalue weighted by Gasteiger charge is -2.09. The largest absolute Gasteiger partial charge is 0.354 e. The van der Waals surface area contributed by atoms with Gasteiger partial charge in [0, 0.05) is 37.7 Å². The van der Waals surface area contributed by atoms with Crippen molar-refractivity contribution in [2.24, 2.45) is 11.8 Å². The highest BCUT2D eigenvalue weighted by Crippen LogP contribution is 2.16. The predicted molar refractivity (Wildman–Crippen MR) is 95.7 cm³/mol. The number of hydrogen-bond acceptors (Lipinski definition) is 3. The number of nitrogens with zero attached hydrogens (tertiary/aromatic N) is 2. The van der Waals surface area contributed by atoms with Crippen LogP contribution in [0.15, 0.2) is 0 Å². The minimum atomic E-state index is -0.0333. The highest BCUT2D eigenvalue weighted by Gasteiger charge is 2.13. The van der Waals surface area contributed by atoms with Crippen molar-refractivity contribution in [2.45, 2.75) is 60.9 Å². The van der Waals surface area contributed by atoms with Gasteiger partial charge in [0.15, 0.2) is 0 Å². The van der Waals surface area contributed by atoms with Crippen molar-refractivity contribution in [2.75, 3.05) is 13.1 Å². The van der Waals surface area contributed by atoms with Gasteiger partial charge in [-0.25, -0.2) is 0 Å². The lowest BCUT2D eigenvalue weighted by Crippen LogP contribution is -2.36. The van der Waals surface area contributed by atoms with Crippen molar-refractivity contribution in [1.82, 2.24) is 20.4 Å². The van der Waals surface area contributed by atoms with E-state index in [2.05, 4.69) is 36.5 Å². The second kappa shape index (κ2) is 9.45. The van der Waals surface area contributed by atoms with Crippen molar-refractivity contribution in [1.29, 1.82) is 0 Å². The van der Waals surface area contributed by atoms with Gasteiger partial charge < -0.3 is 10.6 Å². The minimum Gasteiger partial charge on any atom is -0.354 e. The summed E-state index contributed by atoms with van der Waals surface area (Å²) in [5.74, 6) is 0.520. The second-order valence-corrected chi connectivity index (χ2v) is 7.02.